The van der Waals surface area contributed by atoms with Crippen molar-refractivity contribution >= 4 is 17.2 Å². The first kappa shape index (κ1) is 12.8. The third kappa shape index (κ3) is 2.62. The number of amides is 1. The van der Waals surface area contributed by atoms with Crippen LogP contribution in [-0.2, 0) is 11.2 Å². The number of hydrogen-bond donors (Lipinski definition) is 2. The number of rotatable bonds is 4. The molecule has 96 valence electrons. The van der Waals surface area contributed by atoms with Crippen LogP contribution in [0, 0.1) is 5.92 Å². The van der Waals surface area contributed by atoms with Gasteiger partial charge in [-0.1, -0.05) is 26.0 Å². The highest BCUT2D eigenvalue weighted by molar-refractivity contribution is 5.99. The van der Waals surface area contributed by atoms with Crippen LogP contribution in [0.2, 0.25) is 0 Å². The van der Waals surface area contributed by atoms with Crippen molar-refractivity contribution in [2.24, 2.45) is 11.7 Å². The molecule has 0 fully saturated rings. The summed E-state index contributed by atoms with van der Waals surface area (Å²) in [5.41, 5.74) is 10.1. The van der Waals surface area contributed by atoms with Gasteiger partial charge in [-0.05, 0) is 47.7 Å². The number of carbonyl (C=O) groups is 1. The molecule has 0 bridgehead atoms. The van der Waals surface area contributed by atoms with E-state index in [-0.39, 0.29) is 5.91 Å². The lowest BCUT2D eigenvalue weighted by atomic mass is 9.92. The summed E-state index contributed by atoms with van der Waals surface area (Å²) in [5, 5.41) is 2.86. The van der Waals surface area contributed by atoms with Gasteiger partial charge in [-0.25, -0.2) is 0 Å². The molecular formula is C15H20N2O. The Morgan fingerprint density at radius 2 is 2.28 bits per heavy atom. The molecule has 3 nitrogen and oxygen atoms in total. The number of hydrogen-bond acceptors (Lipinski definition) is 2. The molecule has 0 unspecified atom stereocenters. The van der Waals surface area contributed by atoms with Crippen LogP contribution in [0.15, 0.2) is 24.3 Å². The highest BCUT2D eigenvalue weighted by Crippen LogP contribution is 2.30. The third-order valence-corrected chi connectivity index (χ3v) is 3.22. The van der Waals surface area contributed by atoms with Gasteiger partial charge < -0.3 is 11.1 Å². The standard InChI is InChI=1S/C15H20N2O/c1-10(2)13(4-3-7-16)11-5-6-14-12(8-11)9-15(18)17-14/h4-6,8,10H,3,7,9,16H2,1-2H3,(H,17,18)/b13-4+. The number of nitrogens with two attached hydrogens (primary N) is 1. The van der Waals surface area contributed by atoms with Gasteiger partial charge in [0.25, 0.3) is 0 Å². The predicted octanol–water partition coefficient (Wildman–Crippen LogP) is 2.57. The van der Waals surface area contributed by atoms with Crippen molar-refractivity contribution in [1.29, 1.82) is 0 Å². The molecule has 2 rings (SSSR count). The summed E-state index contributed by atoms with van der Waals surface area (Å²) in [6.07, 6.45) is 3.59. The van der Waals surface area contributed by atoms with Crippen LogP contribution in [0.4, 0.5) is 5.69 Å². The van der Waals surface area contributed by atoms with E-state index in [0.717, 1.165) is 17.7 Å². The first-order valence-corrected chi connectivity index (χ1v) is 6.45. The molecule has 1 aromatic carbocycles. The summed E-state index contributed by atoms with van der Waals surface area (Å²) < 4.78 is 0. The van der Waals surface area contributed by atoms with E-state index in [9.17, 15) is 4.79 Å². The Bertz CT molecular complexity index is 489. The summed E-state index contributed by atoms with van der Waals surface area (Å²) in [5.74, 6) is 0.541. The molecule has 0 saturated heterocycles. The van der Waals surface area contributed by atoms with Crippen LogP contribution in [0.25, 0.3) is 5.57 Å². The van der Waals surface area contributed by atoms with Crippen LogP contribution in [0.1, 0.15) is 31.4 Å². The van der Waals surface area contributed by atoms with Crippen molar-refractivity contribution < 1.29 is 4.79 Å². The maximum absolute atomic E-state index is 11.3. The predicted molar refractivity (Wildman–Crippen MR) is 75.3 cm³/mol. The molecule has 0 radical (unpaired) electrons. The SMILES string of the molecule is CC(C)/C(=C\CCN)c1ccc2c(c1)CC(=O)N2. The van der Waals surface area contributed by atoms with Gasteiger partial charge >= 0.3 is 0 Å². The fourth-order valence-electron chi connectivity index (χ4n) is 2.33. The largest absolute Gasteiger partial charge is 0.330 e. The van der Waals surface area contributed by atoms with E-state index in [1.807, 2.05) is 6.07 Å². The second-order valence-corrected chi connectivity index (χ2v) is 4.99. The fourth-order valence-corrected chi connectivity index (χ4v) is 2.33. The van der Waals surface area contributed by atoms with Crippen LogP contribution >= 0.6 is 0 Å². The number of allylic oxidation sites excluding steroid dienone is 1. The molecule has 3 heteroatoms. The molecule has 0 saturated carbocycles. The van der Waals surface area contributed by atoms with Crippen molar-refractivity contribution in [1.82, 2.24) is 0 Å². The number of carbonyl (C=O) groups excluding carboxylic acids is 1. The topological polar surface area (TPSA) is 55.1 Å². The van der Waals surface area contributed by atoms with Crippen LogP contribution in [0.3, 0.4) is 0 Å². The molecule has 0 atom stereocenters. The van der Waals surface area contributed by atoms with Crippen LogP contribution in [-0.4, -0.2) is 12.5 Å². The van der Waals surface area contributed by atoms with Gasteiger partial charge in [0.1, 0.15) is 0 Å². The van der Waals surface area contributed by atoms with E-state index in [0.29, 0.717) is 18.9 Å². The molecular weight excluding hydrogens is 224 g/mol. The summed E-state index contributed by atoms with van der Waals surface area (Å²) in [7, 11) is 0. The normalized spacial score (nSPS) is 14.9. The van der Waals surface area contributed by atoms with E-state index in [4.69, 9.17) is 5.73 Å². The molecule has 0 aromatic heterocycles. The number of benzene rings is 1. The quantitative estimate of drug-likeness (QED) is 0.855. The molecule has 18 heavy (non-hydrogen) atoms. The summed E-state index contributed by atoms with van der Waals surface area (Å²) in [6.45, 7) is 5.03. The molecule has 0 spiro atoms. The molecule has 1 amide bonds. The van der Waals surface area contributed by atoms with Gasteiger partial charge in [-0.15, -0.1) is 0 Å². The Balaban J connectivity index is 2.33. The average molecular weight is 244 g/mol. The number of anilines is 1. The monoisotopic (exact) mass is 244 g/mol. The maximum atomic E-state index is 11.3. The Hall–Kier alpha value is -1.61. The highest BCUT2D eigenvalue weighted by Gasteiger charge is 2.18. The fraction of sp³-hybridized carbons (Fsp3) is 0.400. The maximum Gasteiger partial charge on any atom is 0.228 e. The lowest BCUT2D eigenvalue weighted by molar-refractivity contribution is -0.115. The van der Waals surface area contributed by atoms with Gasteiger partial charge in [-0.3, -0.25) is 4.79 Å². The molecule has 1 heterocycles. The van der Waals surface area contributed by atoms with Crippen molar-refractivity contribution in [2.45, 2.75) is 26.7 Å². The van der Waals surface area contributed by atoms with Gasteiger partial charge in [0.05, 0.1) is 6.42 Å². The minimum absolute atomic E-state index is 0.0826. The summed E-state index contributed by atoms with van der Waals surface area (Å²) in [4.78, 5) is 11.3. The highest BCUT2D eigenvalue weighted by atomic mass is 16.1. The van der Waals surface area contributed by atoms with Crippen molar-refractivity contribution in [3.05, 3.63) is 35.4 Å². The van der Waals surface area contributed by atoms with Crippen molar-refractivity contribution in [3.8, 4) is 0 Å². The van der Waals surface area contributed by atoms with E-state index < -0.39 is 0 Å². The van der Waals surface area contributed by atoms with E-state index >= 15 is 0 Å². The average Bonchev–Trinajstić information content (AvgIpc) is 2.68. The minimum atomic E-state index is 0.0826. The van der Waals surface area contributed by atoms with Crippen molar-refractivity contribution in [2.75, 3.05) is 11.9 Å². The second-order valence-electron chi connectivity index (χ2n) is 4.99. The first-order chi connectivity index (χ1) is 8.61. The summed E-state index contributed by atoms with van der Waals surface area (Å²) in [6, 6.07) is 6.19. The first-order valence-electron chi connectivity index (χ1n) is 6.45. The zero-order chi connectivity index (χ0) is 13.1. The minimum Gasteiger partial charge on any atom is -0.330 e. The molecule has 1 aliphatic rings. The van der Waals surface area contributed by atoms with E-state index in [1.54, 1.807) is 0 Å². The molecule has 1 aliphatic heterocycles. The molecule has 1 aromatic rings. The van der Waals surface area contributed by atoms with Gasteiger partial charge in [-0.2, -0.15) is 0 Å². The zero-order valence-electron chi connectivity index (χ0n) is 11.0. The summed E-state index contributed by atoms with van der Waals surface area (Å²) >= 11 is 0. The molecule has 0 aliphatic carbocycles. The Morgan fingerprint density at radius 1 is 1.50 bits per heavy atom. The van der Waals surface area contributed by atoms with Crippen LogP contribution < -0.4 is 11.1 Å². The van der Waals surface area contributed by atoms with Crippen LogP contribution in [0.5, 0.6) is 0 Å². The lowest BCUT2D eigenvalue weighted by Crippen LogP contribution is -2.03. The number of nitrogens with one attached hydrogen (secondary N) is 1. The number of fused-ring (bicyclic) bond motifs is 1. The lowest BCUT2D eigenvalue weighted by Gasteiger charge is -2.13. The second kappa shape index (κ2) is 5.36. The van der Waals surface area contributed by atoms with Gasteiger partial charge in [0.15, 0.2) is 0 Å². The van der Waals surface area contributed by atoms with Gasteiger partial charge in [0.2, 0.25) is 5.91 Å². The Kier molecular flexibility index (Phi) is 3.82. The Morgan fingerprint density at radius 3 is 2.94 bits per heavy atom. The smallest absolute Gasteiger partial charge is 0.228 e. The third-order valence-electron chi connectivity index (χ3n) is 3.22. The zero-order valence-corrected chi connectivity index (χ0v) is 11.0. The molecule has 3 N–H and O–H groups in total. The van der Waals surface area contributed by atoms with Crippen molar-refractivity contribution in [3.63, 3.8) is 0 Å². The van der Waals surface area contributed by atoms with E-state index in [1.165, 1.54) is 11.1 Å². The van der Waals surface area contributed by atoms with Gasteiger partial charge in [0, 0.05) is 5.69 Å². The Labute approximate surface area is 108 Å². The van der Waals surface area contributed by atoms with E-state index in [2.05, 4.69) is 37.4 Å².